The number of esters is 1. The largest absolute Gasteiger partial charge is 0.467 e. The van der Waals surface area contributed by atoms with Crippen molar-refractivity contribution in [1.29, 1.82) is 0 Å². The van der Waals surface area contributed by atoms with E-state index in [1.165, 1.54) is 7.11 Å². The molecule has 0 radical (unpaired) electrons. The zero-order valence-corrected chi connectivity index (χ0v) is 10.6. The first-order valence-corrected chi connectivity index (χ1v) is 6.53. The molecule has 96 valence electrons. The second-order valence-electron chi connectivity index (χ2n) is 5.23. The maximum atomic E-state index is 12.4. The monoisotopic (exact) mass is 239 g/mol. The molecule has 0 bridgehead atoms. The van der Waals surface area contributed by atoms with E-state index in [1.54, 1.807) is 4.90 Å². The van der Waals surface area contributed by atoms with Crippen molar-refractivity contribution in [2.24, 2.45) is 11.8 Å². The molecular formula is C13H21NO3. The van der Waals surface area contributed by atoms with Gasteiger partial charge in [-0.25, -0.2) is 4.79 Å². The highest BCUT2D eigenvalue weighted by molar-refractivity contribution is 5.86. The minimum atomic E-state index is -0.333. The first-order valence-electron chi connectivity index (χ1n) is 6.53. The smallest absolute Gasteiger partial charge is 0.328 e. The molecule has 4 nitrogen and oxygen atoms in total. The van der Waals surface area contributed by atoms with Gasteiger partial charge < -0.3 is 9.64 Å². The SMILES string of the molecule is COC(=O)C1CCCN1C(=O)C1CCCC1C. The number of ether oxygens (including phenoxy) is 1. The average molecular weight is 239 g/mol. The van der Waals surface area contributed by atoms with Crippen LogP contribution in [0.25, 0.3) is 0 Å². The van der Waals surface area contributed by atoms with Gasteiger partial charge in [0.2, 0.25) is 5.91 Å². The quantitative estimate of drug-likeness (QED) is 0.687. The summed E-state index contributed by atoms with van der Waals surface area (Å²) in [6.07, 6.45) is 4.90. The fourth-order valence-electron chi connectivity index (χ4n) is 3.14. The maximum absolute atomic E-state index is 12.4. The Bertz CT molecular complexity index is 316. The van der Waals surface area contributed by atoms with Crippen LogP contribution in [0.4, 0.5) is 0 Å². The van der Waals surface area contributed by atoms with Crippen LogP contribution >= 0.6 is 0 Å². The average Bonchev–Trinajstić information content (AvgIpc) is 2.95. The summed E-state index contributed by atoms with van der Waals surface area (Å²) in [7, 11) is 1.39. The first-order chi connectivity index (χ1) is 8.15. The van der Waals surface area contributed by atoms with Crippen LogP contribution in [0.15, 0.2) is 0 Å². The van der Waals surface area contributed by atoms with Gasteiger partial charge in [-0.15, -0.1) is 0 Å². The molecule has 17 heavy (non-hydrogen) atoms. The number of rotatable bonds is 2. The summed E-state index contributed by atoms with van der Waals surface area (Å²) in [4.78, 5) is 25.8. The Labute approximate surface area is 102 Å². The molecule has 1 aliphatic heterocycles. The summed E-state index contributed by atoms with van der Waals surface area (Å²) < 4.78 is 4.77. The molecule has 2 fully saturated rings. The van der Waals surface area contributed by atoms with Gasteiger partial charge in [0.05, 0.1) is 7.11 Å². The summed E-state index contributed by atoms with van der Waals surface area (Å²) in [5.74, 6) is 0.492. The molecule has 3 atom stereocenters. The highest BCUT2D eigenvalue weighted by Crippen LogP contribution is 2.34. The number of carbonyl (C=O) groups excluding carboxylic acids is 2. The van der Waals surface area contributed by atoms with Gasteiger partial charge >= 0.3 is 5.97 Å². The van der Waals surface area contributed by atoms with E-state index >= 15 is 0 Å². The molecule has 2 rings (SSSR count). The predicted octanol–water partition coefficient (Wildman–Crippen LogP) is 1.59. The van der Waals surface area contributed by atoms with Crippen molar-refractivity contribution in [1.82, 2.24) is 4.90 Å². The van der Waals surface area contributed by atoms with Gasteiger partial charge in [-0.2, -0.15) is 0 Å². The van der Waals surface area contributed by atoms with Gasteiger partial charge in [-0.1, -0.05) is 13.3 Å². The van der Waals surface area contributed by atoms with E-state index in [0.717, 1.165) is 32.1 Å². The molecule has 1 amide bonds. The van der Waals surface area contributed by atoms with Gasteiger partial charge in [-0.05, 0) is 31.6 Å². The third kappa shape index (κ3) is 2.31. The fourth-order valence-corrected chi connectivity index (χ4v) is 3.14. The molecule has 0 aromatic heterocycles. The lowest BCUT2D eigenvalue weighted by Gasteiger charge is -2.27. The van der Waals surface area contributed by atoms with Crippen molar-refractivity contribution in [3.8, 4) is 0 Å². The topological polar surface area (TPSA) is 46.6 Å². The molecule has 2 aliphatic rings. The van der Waals surface area contributed by atoms with Crippen LogP contribution in [0.5, 0.6) is 0 Å². The highest BCUT2D eigenvalue weighted by Gasteiger charge is 2.40. The predicted molar refractivity (Wildman–Crippen MR) is 63.3 cm³/mol. The fraction of sp³-hybridized carbons (Fsp3) is 0.846. The van der Waals surface area contributed by atoms with Crippen LogP contribution in [0, 0.1) is 11.8 Å². The molecule has 3 unspecified atom stereocenters. The molecule has 1 saturated heterocycles. The van der Waals surface area contributed by atoms with Crippen molar-refractivity contribution in [3.05, 3.63) is 0 Å². The third-order valence-electron chi connectivity index (χ3n) is 4.19. The van der Waals surface area contributed by atoms with Gasteiger partial charge in [-0.3, -0.25) is 4.79 Å². The lowest BCUT2D eigenvalue weighted by Crippen LogP contribution is -2.44. The summed E-state index contributed by atoms with van der Waals surface area (Å²) >= 11 is 0. The van der Waals surface area contributed by atoms with Gasteiger partial charge in [0.25, 0.3) is 0 Å². The molecule has 0 aromatic carbocycles. The number of carbonyl (C=O) groups is 2. The van der Waals surface area contributed by atoms with Crippen LogP contribution in [-0.2, 0) is 14.3 Å². The lowest BCUT2D eigenvalue weighted by molar-refractivity contribution is -0.152. The van der Waals surface area contributed by atoms with E-state index in [4.69, 9.17) is 4.74 Å². The zero-order chi connectivity index (χ0) is 12.4. The van der Waals surface area contributed by atoms with E-state index < -0.39 is 0 Å². The van der Waals surface area contributed by atoms with Crippen LogP contribution in [-0.4, -0.2) is 36.5 Å². The molecule has 0 aromatic rings. The number of amides is 1. The molecule has 0 N–H and O–H groups in total. The molecule has 1 saturated carbocycles. The number of hydrogen-bond acceptors (Lipinski definition) is 3. The van der Waals surface area contributed by atoms with Gasteiger partial charge in [0, 0.05) is 12.5 Å². The number of nitrogens with zero attached hydrogens (tertiary/aromatic N) is 1. The molecule has 4 heteroatoms. The molecule has 0 spiro atoms. The van der Waals surface area contributed by atoms with Gasteiger partial charge in [0.1, 0.15) is 6.04 Å². The molecule has 1 heterocycles. The van der Waals surface area contributed by atoms with E-state index in [2.05, 4.69) is 6.92 Å². The number of likely N-dealkylation sites (tertiary alicyclic amines) is 1. The Morgan fingerprint density at radius 3 is 2.53 bits per heavy atom. The van der Waals surface area contributed by atoms with Crippen LogP contribution in [0.1, 0.15) is 39.0 Å². The Kier molecular flexibility index (Phi) is 3.69. The zero-order valence-electron chi connectivity index (χ0n) is 10.6. The highest BCUT2D eigenvalue weighted by atomic mass is 16.5. The number of methoxy groups -OCH3 is 1. The van der Waals surface area contributed by atoms with Crippen molar-refractivity contribution in [3.63, 3.8) is 0 Å². The first kappa shape index (κ1) is 12.4. The lowest BCUT2D eigenvalue weighted by atomic mass is 9.96. The summed E-state index contributed by atoms with van der Waals surface area (Å²) in [6, 6.07) is -0.333. The second kappa shape index (κ2) is 5.07. The maximum Gasteiger partial charge on any atom is 0.328 e. The third-order valence-corrected chi connectivity index (χ3v) is 4.19. The second-order valence-corrected chi connectivity index (χ2v) is 5.23. The van der Waals surface area contributed by atoms with E-state index in [1.807, 2.05) is 0 Å². The van der Waals surface area contributed by atoms with E-state index in [0.29, 0.717) is 12.5 Å². The van der Waals surface area contributed by atoms with Crippen molar-refractivity contribution in [2.75, 3.05) is 13.7 Å². The van der Waals surface area contributed by atoms with E-state index in [-0.39, 0.29) is 23.8 Å². The molecule has 1 aliphatic carbocycles. The van der Waals surface area contributed by atoms with Crippen molar-refractivity contribution >= 4 is 11.9 Å². The summed E-state index contributed by atoms with van der Waals surface area (Å²) in [5, 5.41) is 0. The Balaban J connectivity index is 2.05. The van der Waals surface area contributed by atoms with Gasteiger partial charge in [0.15, 0.2) is 0 Å². The van der Waals surface area contributed by atoms with Crippen LogP contribution in [0.3, 0.4) is 0 Å². The Morgan fingerprint density at radius 2 is 1.94 bits per heavy atom. The summed E-state index contributed by atoms with van der Waals surface area (Å²) in [5.41, 5.74) is 0. The number of hydrogen-bond donors (Lipinski definition) is 0. The van der Waals surface area contributed by atoms with Crippen LogP contribution in [0.2, 0.25) is 0 Å². The molecular weight excluding hydrogens is 218 g/mol. The minimum Gasteiger partial charge on any atom is -0.467 e. The Morgan fingerprint density at radius 1 is 1.18 bits per heavy atom. The Hall–Kier alpha value is -1.06. The standard InChI is InChI=1S/C13H21NO3/c1-9-5-3-6-10(9)12(15)14-8-4-7-11(14)13(16)17-2/h9-11H,3-8H2,1-2H3. The van der Waals surface area contributed by atoms with Crippen LogP contribution < -0.4 is 0 Å². The van der Waals surface area contributed by atoms with Crippen molar-refractivity contribution < 1.29 is 14.3 Å². The van der Waals surface area contributed by atoms with Crippen molar-refractivity contribution in [2.45, 2.75) is 45.1 Å². The summed E-state index contributed by atoms with van der Waals surface area (Å²) in [6.45, 7) is 2.85. The normalized spacial score (nSPS) is 32.8. The minimum absolute atomic E-state index is 0.125. The van der Waals surface area contributed by atoms with E-state index in [9.17, 15) is 9.59 Å².